The monoisotopic (exact) mass is 238 g/mol. The third-order valence-electron chi connectivity index (χ3n) is 3.32. The molecule has 1 aliphatic rings. The summed E-state index contributed by atoms with van der Waals surface area (Å²) in [5.41, 5.74) is 7.67. The van der Waals surface area contributed by atoms with Gasteiger partial charge in [0.05, 0.1) is 6.04 Å². The van der Waals surface area contributed by atoms with Crippen LogP contribution in [-0.2, 0) is 0 Å². The fraction of sp³-hybridized carbons (Fsp3) is 0.692. The molecule has 0 aromatic carbocycles. The average molecular weight is 238 g/mol. The highest BCUT2D eigenvalue weighted by atomic mass is 32.1. The first-order valence-corrected chi connectivity index (χ1v) is 7.01. The minimum atomic E-state index is 0.316. The summed E-state index contributed by atoms with van der Waals surface area (Å²) < 4.78 is 0. The van der Waals surface area contributed by atoms with Crippen molar-refractivity contribution in [3.63, 3.8) is 0 Å². The highest BCUT2D eigenvalue weighted by Crippen LogP contribution is 2.36. The van der Waals surface area contributed by atoms with Gasteiger partial charge in [-0.15, -0.1) is 11.3 Å². The lowest BCUT2D eigenvalue weighted by molar-refractivity contribution is 0.223. The Kier molecular flexibility index (Phi) is 3.67. The van der Waals surface area contributed by atoms with E-state index in [1.807, 2.05) is 11.3 Å². The second-order valence-electron chi connectivity index (χ2n) is 5.25. The molecule has 1 aromatic rings. The fourth-order valence-corrected chi connectivity index (χ4v) is 3.74. The number of hydrogen-bond acceptors (Lipinski definition) is 3. The van der Waals surface area contributed by atoms with Crippen molar-refractivity contribution in [3.8, 4) is 0 Å². The number of nitrogens with zero attached hydrogens (tertiary/aromatic N) is 1. The summed E-state index contributed by atoms with van der Waals surface area (Å²) in [5, 5.41) is 2.18. The summed E-state index contributed by atoms with van der Waals surface area (Å²) in [5.74, 6) is 0.716. The van der Waals surface area contributed by atoms with E-state index in [-0.39, 0.29) is 0 Å². The van der Waals surface area contributed by atoms with E-state index in [1.165, 1.54) is 10.4 Å². The van der Waals surface area contributed by atoms with E-state index in [9.17, 15) is 0 Å². The first-order valence-electron chi connectivity index (χ1n) is 6.13. The molecule has 3 heteroatoms. The molecule has 0 aliphatic carbocycles. The minimum absolute atomic E-state index is 0.316. The molecule has 2 unspecified atom stereocenters. The SMILES string of the molecule is Cc1ccsc1C1C(N)CCN1CC(C)C. The van der Waals surface area contributed by atoms with Crippen LogP contribution >= 0.6 is 11.3 Å². The summed E-state index contributed by atoms with van der Waals surface area (Å²) >= 11 is 1.86. The first kappa shape index (κ1) is 12.1. The highest BCUT2D eigenvalue weighted by molar-refractivity contribution is 7.10. The van der Waals surface area contributed by atoms with Gasteiger partial charge in [-0.3, -0.25) is 4.90 Å². The van der Waals surface area contributed by atoms with Crippen molar-refractivity contribution in [3.05, 3.63) is 21.9 Å². The van der Waals surface area contributed by atoms with Crippen LogP contribution < -0.4 is 5.73 Å². The molecule has 1 aliphatic heterocycles. The van der Waals surface area contributed by atoms with Crippen molar-refractivity contribution < 1.29 is 0 Å². The lowest BCUT2D eigenvalue weighted by atomic mass is 10.1. The number of nitrogens with two attached hydrogens (primary N) is 1. The molecule has 0 bridgehead atoms. The van der Waals surface area contributed by atoms with Gasteiger partial charge in [0.1, 0.15) is 0 Å². The molecule has 0 spiro atoms. The largest absolute Gasteiger partial charge is 0.326 e. The number of aryl methyl sites for hydroxylation is 1. The molecule has 90 valence electrons. The van der Waals surface area contributed by atoms with Crippen LogP contribution in [0.15, 0.2) is 11.4 Å². The third kappa shape index (κ3) is 2.31. The van der Waals surface area contributed by atoms with Crippen LogP contribution in [0.2, 0.25) is 0 Å². The molecule has 1 fully saturated rings. The molecule has 1 saturated heterocycles. The zero-order valence-corrected chi connectivity index (χ0v) is 11.3. The molecule has 0 saturated carbocycles. The summed E-state index contributed by atoms with van der Waals surface area (Å²) in [4.78, 5) is 4.04. The van der Waals surface area contributed by atoms with Gasteiger partial charge in [-0.25, -0.2) is 0 Å². The predicted molar refractivity (Wildman–Crippen MR) is 70.8 cm³/mol. The molecule has 1 aromatic heterocycles. The molecule has 2 nitrogen and oxygen atoms in total. The minimum Gasteiger partial charge on any atom is -0.326 e. The Labute approximate surface area is 102 Å². The maximum absolute atomic E-state index is 6.27. The van der Waals surface area contributed by atoms with Gasteiger partial charge in [-0.05, 0) is 36.3 Å². The van der Waals surface area contributed by atoms with Crippen LogP contribution in [0.5, 0.6) is 0 Å². The van der Waals surface area contributed by atoms with Gasteiger partial charge in [-0.1, -0.05) is 13.8 Å². The molecule has 2 atom stereocenters. The van der Waals surface area contributed by atoms with Crippen molar-refractivity contribution in [2.24, 2.45) is 11.7 Å². The molecule has 2 N–H and O–H groups in total. The molecule has 0 amide bonds. The second kappa shape index (κ2) is 4.86. The predicted octanol–water partition coefficient (Wildman–Crippen LogP) is 2.79. The Morgan fingerprint density at radius 2 is 2.31 bits per heavy atom. The van der Waals surface area contributed by atoms with E-state index in [0.717, 1.165) is 19.5 Å². The standard InChI is InChI=1S/C13H22N2S/c1-9(2)8-15-6-4-11(14)12(15)13-10(3)5-7-16-13/h5,7,9,11-12H,4,6,8,14H2,1-3H3. The van der Waals surface area contributed by atoms with Crippen LogP contribution in [-0.4, -0.2) is 24.0 Å². The summed E-state index contributed by atoms with van der Waals surface area (Å²) in [7, 11) is 0. The van der Waals surface area contributed by atoms with Crippen LogP contribution in [0.25, 0.3) is 0 Å². The van der Waals surface area contributed by atoms with E-state index in [0.29, 0.717) is 18.0 Å². The lowest BCUT2D eigenvalue weighted by Crippen LogP contribution is -2.33. The summed E-state index contributed by atoms with van der Waals surface area (Å²) in [6, 6.07) is 2.98. The van der Waals surface area contributed by atoms with E-state index in [2.05, 4.69) is 37.1 Å². The lowest BCUT2D eigenvalue weighted by Gasteiger charge is -2.28. The summed E-state index contributed by atoms with van der Waals surface area (Å²) in [6.07, 6.45) is 1.13. The van der Waals surface area contributed by atoms with Crippen molar-refractivity contribution in [2.45, 2.75) is 39.3 Å². The summed E-state index contributed by atoms with van der Waals surface area (Å²) in [6.45, 7) is 9.08. The smallest absolute Gasteiger partial charge is 0.0596 e. The number of thiophene rings is 1. The molecule has 2 rings (SSSR count). The van der Waals surface area contributed by atoms with Gasteiger partial charge in [0.2, 0.25) is 0 Å². The third-order valence-corrected chi connectivity index (χ3v) is 4.41. The Morgan fingerprint density at radius 3 is 2.88 bits per heavy atom. The van der Waals surface area contributed by atoms with Crippen molar-refractivity contribution in [1.82, 2.24) is 4.90 Å². The van der Waals surface area contributed by atoms with Crippen LogP contribution in [0.4, 0.5) is 0 Å². The van der Waals surface area contributed by atoms with Crippen molar-refractivity contribution in [2.75, 3.05) is 13.1 Å². The maximum Gasteiger partial charge on any atom is 0.0596 e. The van der Waals surface area contributed by atoms with E-state index >= 15 is 0 Å². The Hall–Kier alpha value is -0.380. The van der Waals surface area contributed by atoms with Gasteiger partial charge < -0.3 is 5.73 Å². The average Bonchev–Trinajstić information content (AvgIpc) is 2.73. The van der Waals surface area contributed by atoms with Gasteiger partial charge in [0.15, 0.2) is 0 Å². The number of rotatable bonds is 3. The molecular formula is C13H22N2S. The van der Waals surface area contributed by atoms with Crippen LogP contribution in [0.3, 0.4) is 0 Å². The topological polar surface area (TPSA) is 29.3 Å². The fourth-order valence-electron chi connectivity index (χ4n) is 2.60. The molecule has 16 heavy (non-hydrogen) atoms. The number of likely N-dealkylation sites (tertiary alicyclic amines) is 1. The first-order chi connectivity index (χ1) is 7.59. The number of hydrogen-bond donors (Lipinski definition) is 1. The van der Waals surface area contributed by atoms with Crippen LogP contribution in [0, 0.1) is 12.8 Å². The Morgan fingerprint density at radius 1 is 1.56 bits per heavy atom. The van der Waals surface area contributed by atoms with E-state index in [1.54, 1.807) is 0 Å². The van der Waals surface area contributed by atoms with E-state index < -0.39 is 0 Å². The van der Waals surface area contributed by atoms with Crippen LogP contribution in [0.1, 0.15) is 36.8 Å². The second-order valence-corrected chi connectivity index (χ2v) is 6.20. The maximum atomic E-state index is 6.27. The highest BCUT2D eigenvalue weighted by Gasteiger charge is 2.34. The van der Waals surface area contributed by atoms with Crippen molar-refractivity contribution in [1.29, 1.82) is 0 Å². The van der Waals surface area contributed by atoms with Crippen molar-refractivity contribution >= 4 is 11.3 Å². The van der Waals surface area contributed by atoms with E-state index in [4.69, 9.17) is 5.73 Å². The van der Waals surface area contributed by atoms with Gasteiger partial charge >= 0.3 is 0 Å². The zero-order valence-electron chi connectivity index (χ0n) is 10.4. The zero-order chi connectivity index (χ0) is 11.7. The van der Waals surface area contributed by atoms with Gasteiger partial charge in [0, 0.05) is 24.0 Å². The molecule has 2 heterocycles. The van der Waals surface area contributed by atoms with Gasteiger partial charge in [0.25, 0.3) is 0 Å². The van der Waals surface area contributed by atoms with Gasteiger partial charge in [-0.2, -0.15) is 0 Å². The Balaban J connectivity index is 2.19. The Bertz CT molecular complexity index is 345. The molecular weight excluding hydrogens is 216 g/mol. The molecule has 0 radical (unpaired) electrons. The normalized spacial score (nSPS) is 26.8. The quantitative estimate of drug-likeness (QED) is 0.877.